The number of piperidine rings is 2. The summed E-state index contributed by atoms with van der Waals surface area (Å²) < 4.78 is 0. The van der Waals surface area contributed by atoms with Crippen LogP contribution in [0.25, 0.3) is 21.8 Å². The number of aromatic nitrogens is 2. The molecule has 7 nitrogen and oxygen atoms in total. The summed E-state index contributed by atoms with van der Waals surface area (Å²) in [5, 5.41) is 22.4. The predicted molar refractivity (Wildman–Crippen MR) is 174 cm³/mol. The minimum atomic E-state index is 0. The Morgan fingerprint density at radius 2 is 1.07 bits per heavy atom. The lowest BCUT2D eigenvalue weighted by Crippen LogP contribution is -2.50. The largest absolute Gasteiger partial charge is 0.412 e. The van der Waals surface area contributed by atoms with Gasteiger partial charge in [-0.25, -0.2) is 0 Å². The molecule has 43 heavy (non-hydrogen) atoms. The molecule has 6 heterocycles. The Balaban J connectivity index is 0.000000150. The van der Waals surface area contributed by atoms with Crippen molar-refractivity contribution in [1.29, 1.82) is 0 Å². The van der Waals surface area contributed by atoms with Crippen molar-refractivity contribution >= 4 is 21.8 Å². The van der Waals surface area contributed by atoms with Gasteiger partial charge in [0.1, 0.15) is 0 Å². The molecule has 232 valence electrons. The summed E-state index contributed by atoms with van der Waals surface area (Å²) in [6.45, 7) is 7.40. The molecule has 0 aliphatic carbocycles. The molecule has 7 heteroatoms. The standard InChI is InChI=1S/2C18H24N2O.H2O/c2*1-2-12-7-8-17-18-15(9-13(11-21)20(17)10-12)14-5-3-4-6-16(14)19-18;/h2*3-6,12-13,17,19,21H,2,7-11H2,1H3;1H2/t2*12-,13+,17+;/m11./s1. The van der Waals surface area contributed by atoms with Gasteiger partial charge in [-0.1, -0.05) is 63.1 Å². The highest BCUT2D eigenvalue weighted by atomic mass is 16.3. The van der Waals surface area contributed by atoms with Gasteiger partial charge in [-0.3, -0.25) is 9.80 Å². The molecule has 0 saturated carbocycles. The molecule has 4 aliphatic heterocycles. The van der Waals surface area contributed by atoms with E-state index >= 15 is 0 Å². The van der Waals surface area contributed by atoms with E-state index in [0.717, 1.165) is 37.8 Å². The van der Waals surface area contributed by atoms with Crippen molar-refractivity contribution in [1.82, 2.24) is 19.8 Å². The maximum Gasteiger partial charge on any atom is 0.0590 e. The van der Waals surface area contributed by atoms with Gasteiger partial charge in [-0.2, -0.15) is 0 Å². The third kappa shape index (κ3) is 5.33. The molecule has 0 spiro atoms. The SMILES string of the molecule is CC[C@@H]1CC[C@H]2c3[nH]c4ccccc4c3C[C@@H](CO)N2C1.CC[C@@H]1CC[C@H]2c3[nH]c4ccccc4c3C[C@@H](CO)N2C1.O. The first-order valence-corrected chi connectivity index (χ1v) is 16.6. The zero-order valence-corrected chi connectivity index (χ0v) is 25.9. The van der Waals surface area contributed by atoms with Crippen LogP contribution in [0.1, 0.15) is 87.0 Å². The molecule has 2 fully saturated rings. The van der Waals surface area contributed by atoms with E-state index in [1.807, 2.05) is 0 Å². The number of hydrogen-bond donors (Lipinski definition) is 4. The van der Waals surface area contributed by atoms with Gasteiger partial charge < -0.3 is 25.7 Å². The summed E-state index contributed by atoms with van der Waals surface area (Å²) in [5.41, 5.74) is 8.21. The quantitative estimate of drug-likeness (QED) is 0.247. The monoisotopic (exact) mass is 586 g/mol. The van der Waals surface area contributed by atoms with Crippen LogP contribution in [0.4, 0.5) is 0 Å². The third-order valence-corrected chi connectivity index (χ3v) is 11.2. The van der Waals surface area contributed by atoms with E-state index in [9.17, 15) is 10.2 Å². The molecular formula is C36H50N4O3. The van der Waals surface area contributed by atoms with Crippen LogP contribution in [0.15, 0.2) is 48.5 Å². The van der Waals surface area contributed by atoms with Crippen molar-refractivity contribution in [2.75, 3.05) is 26.3 Å². The summed E-state index contributed by atoms with van der Waals surface area (Å²) in [7, 11) is 0. The van der Waals surface area contributed by atoms with E-state index in [0.29, 0.717) is 12.1 Å². The Morgan fingerprint density at radius 1 is 0.651 bits per heavy atom. The molecule has 2 aromatic heterocycles. The topological polar surface area (TPSA) is 110 Å². The molecule has 0 amide bonds. The molecule has 6 N–H and O–H groups in total. The number of para-hydroxylation sites is 2. The summed E-state index contributed by atoms with van der Waals surface area (Å²) in [4.78, 5) is 12.5. The smallest absolute Gasteiger partial charge is 0.0590 e. The first-order chi connectivity index (χ1) is 20.6. The maximum atomic E-state index is 9.87. The van der Waals surface area contributed by atoms with Crippen LogP contribution in [0, 0.1) is 11.8 Å². The number of H-pyrrole nitrogens is 2. The summed E-state index contributed by atoms with van der Waals surface area (Å²) in [6, 6.07) is 18.7. The van der Waals surface area contributed by atoms with Crippen molar-refractivity contribution in [2.24, 2.45) is 11.8 Å². The second kappa shape index (κ2) is 12.7. The Hall–Kier alpha value is -2.68. The molecular weight excluding hydrogens is 536 g/mol. The molecule has 4 aliphatic rings. The van der Waals surface area contributed by atoms with Gasteiger partial charge in [0.25, 0.3) is 0 Å². The third-order valence-electron chi connectivity index (χ3n) is 11.2. The molecule has 0 bridgehead atoms. The van der Waals surface area contributed by atoms with E-state index in [2.05, 4.69) is 82.1 Å². The average Bonchev–Trinajstić information content (AvgIpc) is 3.62. The van der Waals surface area contributed by atoms with Gasteiger partial charge in [0, 0.05) is 58.4 Å². The minimum Gasteiger partial charge on any atom is -0.412 e. The van der Waals surface area contributed by atoms with Gasteiger partial charge in [0.05, 0.1) is 25.3 Å². The van der Waals surface area contributed by atoms with Crippen LogP contribution < -0.4 is 0 Å². The van der Waals surface area contributed by atoms with E-state index < -0.39 is 0 Å². The summed E-state index contributed by atoms with van der Waals surface area (Å²) in [5.74, 6) is 1.59. The van der Waals surface area contributed by atoms with Crippen LogP contribution in [0.2, 0.25) is 0 Å². The molecule has 0 radical (unpaired) electrons. The van der Waals surface area contributed by atoms with Crippen LogP contribution in [0.3, 0.4) is 0 Å². The molecule has 0 unspecified atom stereocenters. The molecule has 8 rings (SSSR count). The lowest BCUT2D eigenvalue weighted by atomic mass is 9.82. The fourth-order valence-corrected chi connectivity index (χ4v) is 8.74. The summed E-state index contributed by atoms with van der Waals surface area (Å²) >= 11 is 0. The van der Waals surface area contributed by atoms with Crippen LogP contribution in [-0.4, -0.2) is 73.8 Å². The van der Waals surface area contributed by atoms with Crippen molar-refractivity contribution in [3.63, 3.8) is 0 Å². The van der Waals surface area contributed by atoms with Crippen LogP contribution in [0.5, 0.6) is 0 Å². The average molecular weight is 587 g/mol. The number of benzene rings is 2. The van der Waals surface area contributed by atoms with Gasteiger partial charge in [0.2, 0.25) is 0 Å². The highest BCUT2D eigenvalue weighted by Crippen LogP contribution is 2.44. The number of nitrogens with one attached hydrogen (secondary N) is 2. The van der Waals surface area contributed by atoms with Crippen molar-refractivity contribution in [3.8, 4) is 0 Å². The van der Waals surface area contributed by atoms with E-state index in [1.165, 1.54) is 82.8 Å². The molecule has 2 aromatic carbocycles. The number of aromatic amines is 2. The van der Waals surface area contributed by atoms with Gasteiger partial charge >= 0.3 is 0 Å². The Labute approximate surface area is 255 Å². The predicted octanol–water partition coefficient (Wildman–Crippen LogP) is 5.67. The minimum absolute atomic E-state index is 0. The van der Waals surface area contributed by atoms with E-state index in [-0.39, 0.29) is 30.8 Å². The van der Waals surface area contributed by atoms with E-state index in [4.69, 9.17) is 0 Å². The highest BCUT2D eigenvalue weighted by Gasteiger charge is 2.41. The first-order valence-electron chi connectivity index (χ1n) is 16.6. The zero-order chi connectivity index (χ0) is 28.8. The normalized spacial score (nSPS) is 28.7. The zero-order valence-electron chi connectivity index (χ0n) is 25.9. The highest BCUT2D eigenvalue weighted by molar-refractivity contribution is 5.86. The number of nitrogens with zero attached hydrogens (tertiary/aromatic N) is 2. The van der Waals surface area contributed by atoms with Gasteiger partial charge in [-0.05, 0) is 73.6 Å². The number of rotatable bonds is 4. The fraction of sp³-hybridized carbons (Fsp3) is 0.556. The number of fused-ring (bicyclic) bond motifs is 10. The van der Waals surface area contributed by atoms with Crippen molar-refractivity contribution < 1.29 is 15.7 Å². The Bertz CT molecular complexity index is 1410. The number of aliphatic hydroxyl groups is 2. The van der Waals surface area contributed by atoms with Crippen molar-refractivity contribution in [3.05, 3.63) is 71.0 Å². The van der Waals surface area contributed by atoms with Gasteiger partial charge in [-0.15, -0.1) is 0 Å². The Morgan fingerprint density at radius 3 is 1.47 bits per heavy atom. The van der Waals surface area contributed by atoms with Crippen LogP contribution in [-0.2, 0) is 12.8 Å². The number of aliphatic hydroxyl groups excluding tert-OH is 2. The van der Waals surface area contributed by atoms with Crippen molar-refractivity contribution in [2.45, 2.75) is 89.4 Å². The fourth-order valence-electron chi connectivity index (χ4n) is 8.74. The second-order valence-corrected chi connectivity index (χ2v) is 13.3. The summed E-state index contributed by atoms with van der Waals surface area (Å²) in [6.07, 6.45) is 9.51. The van der Waals surface area contributed by atoms with E-state index in [1.54, 1.807) is 0 Å². The van der Waals surface area contributed by atoms with Gasteiger partial charge in [0.15, 0.2) is 0 Å². The van der Waals surface area contributed by atoms with Crippen LogP contribution >= 0.6 is 0 Å². The Kier molecular flexibility index (Phi) is 8.99. The first kappa shape index (κ1) is 30.4. The lowest BCUT2D eigenvalue weighted by Gasteiger charge is -2.46. The maximum absolute atomic E-state index is 9.87. The molecule has 4 aromatic rings. The lowest BCUT2D eigenvalue weighted by molar-refractivity contribution is 0.0207. The molecule has 2 saturated heterocycles. The molecule has 6 atom stereocenters. The second-order valence-electron chi connectivity index (χ2n) is 13.3. The number of hydrogen-bond acceptors (Lipinski definition) is 4.